The van der Waals surface area contributed by atoms with Gasteiger partial charge in [-0.05, 0) is 55.7 Å². The lowest BCUT2D eigenvalue weighted by molar-refractivity contribution is -0.165. The maximum atomic E-state index is 14.8. The average molecular weight is 530 g/mol. The van der Waals surface area contributed by atoms with Gasteiger partial charge in [-0.3, -0.25) is 19.3 Å². The molecule has 198 valence electrons. The van der Waals surface area contributed by atoms with E-state index in [0.717, 1.165) is 23.1 Å². The molecule has 1 unspecified atom stereocenters. The maximum absolute atomic E-state index is 14.8. The van der Waals surface area contributed by atoms with Crippen molar-refractivity contribution in [1.82, 2.24) is 10.2 Å². The van der Waals surface area contributed by atoms with Crippen molar-refractivity contribution in [2.75, 3.05) is 11.4 Å². The van der Waals surface area contributed by atoms with Gasteiger partial charge in [0.25, 0.3) is 5.91 Å². The molecule has 1 saturated heterocycles. The molecular formula is C26H22F4N4O4. The van der Waals surface area contributed by atoms with Gasteiger partial charge in [0, 0.05) is 12.5 Å². The van der Waals surface area contributed by atoms with E-state index in [1.54, 1.807) is 6.07 Å². The molecule has 1 aliphatic carbocycles. The number of rotatable bonds is 6. The molecule has 1 atom stereocenters. The van der Waals surface area contributed by atoms with Crippen molar-refractivity contribution >= 4 is 29.7 Å². The van der Waals surface area contributed by atoms with Crippen molar-refractivity contribution in [3.8, 4) is 6.07 Å². The zero-order valence-corrected chi connectivity index (χ0v) is 20.1. The number of alkyl halides is 3. The van der Waals surface area contributed by atoms with Crippen LogP contribution in [0.15, 0.2) is 42.5 Å². The van der Waals surface area contributed by atoms with Crippen molar-refractivity contribution in [3.63, 3.8) is 0 Å². The van der Waals surface area contributed by atoms with Crippen LogP contribution in [0.2, 0.25) is 0 Å². The first-order valence-electron chi connectivity index (χ1n) is 11.6. The SMILES string of the molecule is CC(C=O)NC(=O)[C@H]1C[C@]2(C1)C(=O)N(c1ccc(C#N)cc1F)CC(=O)N2Cc1ccc(C(F)(F)F)cc1. The molecule has 2 aromatic carbocycles. The lowest BCUT2D eigenvalue weighted by Gasteiger charge is -2.56. The van der Waals surface area contributed by atoms with Gasteiger partial charge < -0.3 is 15.0 Å². The van der Waals surface area contributed by atoms with E-state index in [1.165, 1.54) is 36.1 Å². The van der Waals surface area contributed by atoms with Crippen LogP contribution in [0.25, 0.3) is 0 Å². The number of aldehydes is 1. The Kier molecular flexibility index (Phi) is 6.97. The van der Waals surface area contributed by atoms with Gasteiger partial charge in [0.15, 0.2) is 0 Å². The van der Waals surface area contributed by atoms with E-state index in [0.29, 0.717) is 11.8 Å². The molecule has 2 fully saturated rings. The molecule has 38 heavy (non-hydrogen) atoms. The van der Waals surface area contributed by atoms with Crippen molar-refractivity contribution in [2.24, 2.45) is 5.92 Å². The summed E-state index contributed by atoms with van der Waals surface area (Å²) in [5.74, 6) is -3.35. The Morgan fingerprint density at radius 3 is 2.42 bits per heavy atom. The quantitative estimate of drug-likeness (QED) is 0.456. The van der Waals surface area contributed by atoms with Crippen LogP contribution >= 0.6 is 0 Å². The molecule has 0 bridgehead atoms. The standard InChI is InChI=1S/C26H22F4N4O4/c1-15(14-35)32-23(37)18-9-25(10-18)24(38)33(21-7-4-17(11-31)8-20(21)27)13-22(36)34(25)12-16-2-5-19(6-3-16)26(28,29)30/h2-8,14-15,18H,9-10,12-13H2,1H3,(H,32,37)/t15?,18-,25-. The van der Waals surface area contributed by atoms with E-state index in [1.807, 2.05) is 0 Å². The molecule has 0 radical (unpaired) electrons. The van der Waals surface area contributed by atoms with E-state index in [9.17, 15) is 36.7 Å². The molecule has 1 heterocycles. The first kappa shape index (κ1) is 26.8. The van der Waals surface area contributed by atoms with Crippen LogP contribution in [-0.2, 0) is 31.9 Å². The fourth-order valence-corrected chi connectivity index (χ4v) is 4.82. The van der Waals surface area contributed by atoms with E-state index in [2.05, 4.69) is 5.32 Å². The van der Waals surface area contributed by atoms with Gasteiger partial charge in [-0.25, -0.2) is 4.39 Å². The molecule has 1 N–H and O–H groups in total. The van der Waals surface area contributed by atoms with E-state index in [4.69, 9.17) is 5.26 Å². The first-order valence-corrected chi connectivity index (χ1v) is 11.6. The second-order valence-corrected chi connectivity index (χ2v) is 9.41. The van der Waals surface area contributed by atoms with Crippen molar-refractivity contribution in [2.45, 2.75) is 44.1 Å². The van der Waals surface area contributed by atoms with Gasteiger partial charge in [-0.1, -0.05) is 12.1 Å². The topological polar surface area (TPSA) is 111 Å². The van der Waals surface area contributed by atoms with Gasteiger partial charge in [-0.2, -0.15) is 18.4 Å². The lowest BCUT2D eigenvalue weighted by Crippen LogP contribution is -2.74. The van der Waals surface area contributed by atoms with Crippen LogP contribution in [0.4, 0.5) is 23.2 Å². The van der Waals surface area contributed by atoms with Gasteiger partial charge in [0.2, 0.25) is 11.8 Å². The van der Waals surface area contributed by atoms with E-state index in [-0.39, 0.29) is 30.6 Å². The number of nitriles is 1. The number of amides is 3. The van der Waals surface area contributed by atoms with E-state index < -0.39 is 59.3 Å². The highest BCUT2D eigenvalue weighted by Crippen LogP contribution is 2.47. The minimum atomic E-state index is -4.55. The third-order valence-electron chi connectivity index (χ3n) is 6.86. The monoisotopic (exact) mass is 530 g/mol. The normalized spacial score (nSPS) is 22.1. The number of nitrogens with one attached hydrogen (secondary N) is 1. The van der Waals surface area contributed by atoms with Crippen molar-refractivity contribution in [1.29, 1.82) is 5.26 Å². The summed E-state index contributed by atoms with van der Waals surface area (Å²) in [6.45, 7) is 0.732. The van der Waals surface area contributed by atoms with Crippen LogP contribution in [0.1, 0.15) is 36.5 Å². The number of hydrogen-bond donors (Lipinski definition) is 1. The van der Waals surface area contributed by atoms with Gasteiger partial charge in [0.1, 0.15) is 24.2 Å². The summed E-state index contributed by atoms with van der Waals surface area (Å²) in [5, 5.41) is 11.5. The first-order chi connectivity index (χ1) is 17.9. The summed E-state index contributed by atoms with van der Waals surface area (Å²) in [4.78, 5) is 52.8. The Bertz CT molecular complexity index is 1330. The number of anilines is 1. The minimum Gasteiger partial charge on any atom is -0.347 e. The summed E-state index contributed by atoms with van der Waals surface area (Å²) < 4.78 is 53.7. The molecule has 3 amide bonds. The van der Waals surface area contributed by atoms with Crippen molar-refractivity contribution in [3.05, 3.63) is 65.0 Å². The van der Waals surface area contributed by atoms with Crippen LogP contribution < -0.4 is 10.2 Å². The minimum absolute atomic E-state index is 0.0188. The Labute approximate surface area is 214 Å². The largest absolute Gasteiger partial charge is 0.416 e. The number of piperazine rings is 1. The summed E-state index contributed by atoms with van der Waals surface area (Å²) in [6, 6.07) is 8.62. The number of carbonyl (C=O) groups is 4. The number of nitrogens with zero attached hydrogens (tertiary/aromatic N) is 3. The van der Waals surface area contributed by atoms with Crippen LogP contribution in [0.3, 0.4) is 0 Å². The highest BCUT2D eigenvalue weighted by molar-refractivity contribution is 6.10. The Balaban J connectivity index is 1.66. The Hall–Kier alpha value is -4.27. The highest BCUT2D eigenvalue weighted by atomic mass is 19.4. The molecule has 1 saturated carbocycles. The molecular weight excluding hydrogens is 508 g/mol. The van der Waals surface area contributed by atoms with Crippen LogP contribution in [0, 0.1) is 23.1 Å². The summed E-state index contributed by atoms with van der Waals surface area (Å²) in [5.41, 5.74) is -2.28. The van der Waals surface area contributed by atoms with Crippen LogP contribution in [0.5, 0.6) is 0 Å². The van der Waals surface area contributed by atoms with Gasteiger partial charge in [0.05, 0.1) is 28.9 Å². The third-order valence-corrected chi connectivity index (χ3v) is 6.86. The molecule has 1 aliphatic heterocycles. The fourth-order valence-electron chi connectivity index (χ4n) is 4.82. The molecule has 1 spiro atoms. The van der Waals surface area contributed by atoms with Gasteiger partial charge >= 0.3 is 6.18 Å². The highest BCUT2D eigenvalue weighted by Gasteiger charge is 2.61. The van der Waals surface area contributed by atoms with E-state index >= 15 is 0 Å². The maximum Gasteiger partial charge on any atom is 0.416 e. The second kappa shape index (κ2) is 9.89. The molecule has 12 heteroatoms. The number of benzene rings is 2. The third kappa shape index (κ3) is 4.83. The molecule has 4 rings (SSSR count). The van der Waals surface area contributed by atoms with Crippen LogP contribution in [-0.4, -0.2) is 47.0 Å². The van der Waals surface area contributed by atoms with Gasteiger partial charge in [-0.15, -0.1) is 0 Å². The number of hydrogen-bond acceptors (Lipinski definition) is 5. The lowest BCUT2D eigenvalue weighted by atomic mass is 9.64. The second-order valence-electron chi connectivity index (χ2n) is 9.41. The molecule has 2 aliphatic rings. The number of halogens is 4. The smallest absolute Gasteiger partial charge is 0.347 e. The average Bonchev–Trinajstić information content (AvgIpc) is 2.84. The Morgan fingerprint density at radius 1 is 1.21 bits per heavy atom. The predicted molar refractivity (Wildman–Crippen MR) is 125 cm³/mol. The zero-order chi connectivity index (χ0) is 27.8. The summed E-state index contributed by atoms with van der Waals surface area (Å²) in [6.07, 6.45) is -4.25. The fraction of sp³-hybridized carbons (Fsp3) is 0.346. The summed E-state index contributed by atoms with van der Waals surface area (Å²) >= 11 is 0. The molecule has 0 aromatic heterocycles. The Morgan fingerprint density at radius 2 is 1.87 bits per heavy atom. The predicted octanol–water partition coefficient (Wildman–Crippen LogP) is 2.94. The molecule has 8 nitrogen and oxygen atoms in total. The number of carbonyl (C=O) groups excluding carboxylic acids is 4. The van der Waals surface area contributed by atoms with Crippen molar-refractivity contribution < 1.29 is 36.7 Å². The molecule has 2 aromatic rings. The zero-order valence-electron chi connectivity index (χ0n) is 20.1. The summed E-state index contributed by atoms with van der Waals surface area (Å²) in [7, 11) is 0.